The third-order valence-corrected chi connectivity index (χ3v) is 6.10. The summed E-state index contributed by atoms with van der Waals surface area (Å²) >= 11 is 0. The molecule has 4 nitrogen and oxygen atoms in total. The molecule has 0 saturated carbocycles. The number of benzene rings is 1. The smallest absolute Gasteiger partial charge is 0.124 e. The first-order chi connectivity index (χ1) is 12.2. The predicted octanol–water partition coefficient (Wildman–Crippen LogP) is 3.04. The van der Waals surface area contributed by atoms with Crippen LogP contribution in [0.1, 0.15) is 37.8 Å². The van der Waals surface area contributed by atoms with E-state index in [4.69, 9.17) is 4.74 Å². The van der Waals surface area contributed by atoms with Gasteiger partial charge < -0.3 is 14.5 Å². The zero-order chi connectivity index (χ0) is 17.8. The fraction of sp³-hybridized carbons (Fsp3) is 0.714. The summed E-state index contributed by atoms with van der Waals surface area (Å²) in [6.45, 7) is 11.7. The van der Waals surface area contributed by atoms with Gasteiger partial charge in [-0.15, -0.1) is 0 Å². The number of rotatable bonds is 5. The Kier molecular flexibility index (Phi) is 6.24. The highest BCUT2D eigenvalue weighted by Gasteiger charge is 2.27. The minimum absolute atomic E-state index is 0.770. The quantitative estimate of drug-likeness (QED) is 0.816. The van der Waals surface area contributed by atoms with Gasteiger partial charge in [-0.05, 0) is 43.9 Å². The largest absolute Gasteiger partial charge is 0.496 e. The first-order valence-corrected chi connectivity index (χ1v) is 10.0. The molecule has 4 heteroatoms. The molecule has 25 heavy (non-hydrogen) atoms. The van der Waals surface area contributed by atoms with E-state index in [2.05, 4.69) is 47.7 Å². The second-order valence-electron chi connectivity index (χ2n) is 7.56. The van der Waals surface area contributed by atoms with Crippen LogP contribution in [-0.2, 0) is 12.8 Å². The van der Waals surface area contributed by atoms with Crippen LogP contribution in [0.15, 0.2) is 12.1 Å². The lowest BCUT2D eigenvalue weighted by Gasteiger charge is -2.43. The molecule has 140 valence electrons. The van der Waals surface area contributed by atoms with Crippen molar-refractivity contribution in [3.63, 3.8) is 0 Å². The van der Waals surface area contributed by atoms with Crippen molar-refractivity contribution in [2.75, 3.05) is 58.3 Å². The Balaban J connectivity index is 1.68. The minimum Gasteiger partial charge on any atom is -0.496 e. The van der Waals surface area contributed by atoms with Crippen LogP contribution >= 0.6 is 0 Å². The maximum absolute atomic E-state index is 5.65. The van der Waals surface area contributed by atoms with E-state index in [1.807, 2.05) is 0 Å². The highest BCUT2D eigenvalue weighted by Crippen LogP contribution is 2.33. The zero-order valence-electron chi connectivity index (χ0n) is 16.6. The van der Waals surface area contributed by atoms with E-state index >= 15 is 0 Å². The van der Waals surface area contributed by atoms with Crippen molar-refractivity contribution in [3.05, 3.63) is 23.3 Å². The Morgan fingerprint density at radius 2 is 1.56 bits per heavy atom. The van der Waals surface area contributed by atoms with Crippen LogP contribution in [0.4, 0.5) is 5.69 Å². The Morgan fingerprint density at radius 1 is 0.920 bits per heavy atom. The summed E-state index contributed by atoms with van der Waals surface area (Å²) in [4.78, 5) is 7.76. The Labute approximate surface area is 153 Å². The SMILES string of the molecule is CCc1cc(CC)c(N2CCC(N3CCN(C)CC3)CC2)cc1OC. The second kappa shape index (κ2) is 8.41. The summed E-state index contributed by atoms with van der Waals surface area (Å²) in [6.07, 6.45) is 4.68. The fourth-order valence-corrected chi connectivity index (χ4v) is 4.37. The van der Waals surface area contributed by atoms with Crippen LogP contribution in [0, 0.1) is 0 Å². The maximum Gasteiger partial charge on any atom is 0.124 e. The normalized spacial score (nSPS) is 20.9. The summed E-state index contributed by atoms with van der Waals surface area (Å²) in [5.74, 6) is 1.05. The van der Waals surface area contributed by atoms with Crippen LogP contribution in [0.3, 0.4) is 0 Å². The lowest BCUT2D eigenvalue weighted by molar-refractivity contribution is 0.0982. The molecule has 0 unspecified atom stereocenters. The molecule has 0 aliphatic carbocycles. The molecule has 2 aliphatic heterocycles. The molecule has 2 aliphatic rings. The third kappa shape index (κ3) is 4.12. The highest BCUT2D eigenvalue weighted by molar-refractivity contribution is 5.60. The molecule has 1 aromatic carbocycles. The maximum atomic E-state index is 5.65. The fourth-order valence-electron chi connectivity index (χ4n) is 4.37. The van der Waals surface area contributed by atoms with E-state index in [-0.39, 0.29) is 0 Å². The van der Waals surface area contributed by atoms with Gasteiger partial charge >= 0.3 is 0 Å². The number of ether oxygens (including phenoxy) is 1. The number of anilines is 1. The van der Waals surface area contributed by atoms with Crippen LogP contribution in [0.25, 0.3) is 0 Å². The number of likely N-dealkylation sites (N-methyl/N-ethyl adjacent to an activating group) is 1. The van der Waals surface area contributed by atoms with E-state index in [0.29, 0.717) is 0 Å². The van der Waals surface area contributed by atoms with Gasteiger partial charge in [-0.1, -0.05) is 19.9 Å². The van der Waals surface area contributed by atoms with Crippen molar-refractivity contribution in [1.29, 1.82) is 0 Å². The molecule has 1 aromatic rings. The second-order valence-corrected chi connectivity index (χ2v) is 7.56. The molecule has 0 amide bonds. The number of piperazine rings is 1. The topological polar surface area (TPSA) is 19.0 Å². The van der Waals surface area contributed by atoms with Gasteiger partial charge in [-0.2, -0.15) is 0 Å². The Hall–Kier alpha value is -1.26. The van der Waals surface area contributed by atoms with Crippen LogP contribution in [0.2, 0.25) is 0 Å². The summed E-state index contributed by atoms with van der Waals surface area (Å²) in [6, 6.07) is 5.42. The van der Waals surface area contributed by atoms with E-state index in [9.17, 15) is 0 Å². The molecule has 0 bridgehead atoms. The lowest BCUT2D eigenvalue weighted by Crippen LogP contribution is -2.52. The van der Waals surface area contributed by atoms with Crippen molar-refractivity contribution < 1.29 is 4.74 Å². The number of hydrogen-bond acceptors (Lipinski definition) is 4. The Morgan fingerprint density at radius 3 is 2.12 bits per heavy atom. The van der Waals surface area contributed by atoms with Crippen LogP contribution in [-0.4, -0.2) is 69.3 Å². The van der Waals surface area contributed by atoms with Gasteiger partial charge in [0.2, 0.25) is 0 Å². The first kappa shape index (κ1) is 18.5. The molecule has 0 spiro atoms. The van der Waals surface area contributed by atoms with Crippen molar-refractivity contribution in [1.82, 2.24) is 9.80 Å². The van der Waals surface area contributed by atoms with Gasteiger partial charge in [0.25, 0.3) is 0 Å². The Bertz CT molecular complexity index is 559. The summed E-state index contributed by atoms with van der Waals surface area (Å²) in [5, 5.41) is 0. The molecular formula is C21H35N3O. The van der Waals surface area contributed by atoms with Gasteiger partial charge in [-0.25, -0.2) is 0 Å². The third-order valence-electron chi connectivity index (χ3n) is 6.10. The predicted molar refractivity (Wildman–Crippen MR) is 106 cm³/mol. The molecule has 0 radical (unpaired) electrons. The minimum atomic E-state index is 0.770. The number of piperidine rings is 1. The van der Waals surface area contributed by atoms with Gasteiger partial charge in [0, 0.05) is 57.1 Å². The van der Waals surface area contributed by atoms with Crippen molar-refractivity contribution in [2.45, 2.75) is 45.6 Å². The van der Waals surface area contributed by atoms with Gasteiger partial charge in [0.15, 0.2) is 0 Å². The van der Waals surface area contributed by atoms with Crippen molar-refractivity contribution in [3.8, 4) is 5.75 Å². The molecule has 2 fully saturated rings. The highest BCUT2D eigenvalue weighted by atomic mass is 16.5. The molecule has 2 heterocycles. The molecule has 0 aromatic heterocycles. The zero-order valence-corrected chi connectivity index (χ0v) is 16.6. The number of nitrogens with zero attached hydrogens (tertiary/aromatic N) is 3. The molecule has 0 atom stereocenters. The molecule has 3 rings (SSSR count). The number of aryl methyl sites for hydroxylation is 2. The van der Waals surface area contributed by atoms with E-state index in [1.165, 1.54) is 68.9 Å². The average Bonchev–Trinajstić information content (AvgIpc) is 2.67. The summed E-state index contributed by atoms with van der Waals surface area (Å²) in [5.41, 5.74) is 4.19. The van der Waals surface area contributed by atoms with E-state index in [0.717, 1.165) is 24.6 Å². The van der Waals surface area contributed by atoms with Gasteiger partial charge in [0.1, 0.15) is 5.75 Å². The van der Waals surface area contributed by atoms with Crippen molar-refractivity contribution >= 4 is 5.69 Å². The average molecular weight is 346 g/mol. The van der Waals surface area contributed by atoms with Gasteiger partial charge in [0.05, 0.1) is 7.11 Å². The first-order valence-electron chi connectivity index (χ1n) is 10.0. The van der Waals surface area contributed by atoms with Crippen LogP contribution < -0.4 is 9.64 Å². The lowest BCUT2D eigenvalue weighted by atomic mass is 9.98. The van der Waals surface area contributed by atoms with E-state index in [1.54, 1.807) is 7.11 Å². The van der Waals surface area contributed by atoms with Crippen molar-refractivity contribution in [2.24, 2.45) is 0 Å². The van der Waals surface area contributed by atoms with E-state index < -0.39 is 0 Å². The number of methoxy groups -OCH3 is 1. The molecule has 0 N–H and O–H groups in total. The summed E-state index contributed by atoms with van der Waals surface area (Å²) in [7, 11) is 4.03. The van der Waals surface area contributed by atoms with Crippen LogP contribution in [0.5, 0.6) is 5.75 Å². The standard InChI is InChI=1S/C21H35N3O/c1-5-17-15-18(6-2)21(25-4)16-20(17)24-9-7-19(8-10-24)23-13-11-22(3)12-14-23/h15-16,19H,5-14H2,1-4H3. The number of hydrogen-bond donors (Lipinski definition) is 0. The monoisotopic (exact) mass is 345 g/mol. The molecule has 2 saturated heterocycles. The summed E-state index contributed by atoms with van der Waals surface area (Å²) < 4.78 is 5.65. The molecular weight excluding hydrogens is 310 g/mol. The van der Waals surface area contributed by atoms with Gasteiger partial charge in [-0.3, -0.25) is 4.90 Å².